The number of nitrogens with one attached hydrogen (secondary N) is 1. The first-order valence-electron chi connectivity index (χ1n) is 6.52. The topological polar surface area (TPSA) is 72.9 Å². The maximum Gasteiger partial charge on any atom is 0.317 e. The van der Waals surface area contributed by atoms with Gasteiger partial charge in [-0.25, -0.2) is 4.79 Å². The quantitative estimate of drug-likeness (QED) is 0.756. The van der Waals surface area contributed by atoms with Crippen molar-refractivity contribution in [2.75, 3.05) is 32.7 Å². The number of amides is 2. The Morgan fingerprint density at radius 2 is 1.89 bits per heavy atom. The zero-order chi connectivity index (χ0) is 13.5. The van der Waals surface area contributed by atoms with E-state index in [0.717, 1.165) is 32.7 Å². The predicted octanol–water partition coefficient (Wildman–Crippen LogP) is 0.587. The zero-order valence-corrected chi connectivity index (χ0v) is 11.2. The Hall–Kier alpha value is -1.30. The van der Waals surface area contributed by atoms with Gasteiger partial charge in [-0.2, -0.15) is 0 Å². The van der Waals surface area contributed by atoms with Gasteiger partial charge in [0, 0.05) is 38.6 Å². The standard InChI is InChI=1S/C12H23N3O3/c1-3-14-6-8-15(9-7-14)12(18)13-10(2)4-5-11(16)17/h10H,3-9H2,1-2H3,(H,13,18)(H,16,17). The molecule has 0 aliphatic carbocycles. The highest BCUT2D eigenvalue weighted by Gasteiger charge is 2.21. The summed E-state index contributed by atoms with van der Waals surface area (Å²) in [6.45, 7) is 8.27. The molecule has 1 fully saturated rings. The monoisotopic (exact) mass is 257 g/mol. The van der Waals surface area contributed by atoms with Crippen molar-refractivity contribution in [3.8, 4) is 0 Å². The van der Waals surface area contributed by atoms with Gasteiger partial charge in [0.1, 0.15) is 0 Å². The van der Waals surface area contributed by atoms with Crippen LogP contribution in [0.5, 0.6) is 0 Å². The highest BCUT2D eigenvalue weighted by atomic mass is 16.4. The number of urea groups is 1. The number of carbonyl (C=O) groups is 2. The van der Waals surface area contributed by atoms with Crippen LogP contribution in [-0.2, 0) is 4.79 Å². The van der Waals surface area contributed by atoms with Crippen LogP contribution in [-0.4, -0.2) is 65.7 Å². The molecule has 1 aliphatic heterocycles. The summed E-state index contributed by atoms with van der Waals surface area (Å²) in [5.41, 5.74) is 0. The molecule has 1 heterocycles. The fraction of sp³-hybridized carbons (Fsp3) is 0.833. The van der Waals surface area contributed by atoms with Gasteiger partial charge in [0.25, 0.3) is 0 Å². The molecule has 0 radical (unpaired) electrons. The van der Waals surface area contributed by atoms with Crippen molar-refractivity contribution in [3.05, 3.63) is 0 Å². The van der Waals surface area contributed by atoms with E-state index in [1.807, 2.05) is 6.92 Å². The molecule has 1 unspecified atom stereocenters. The van der Waals surface area contributed by atoms with Gasteiger partial charge in [-0.3, -0.25) is 4.79 Å². The van der Waals surface area contributed by atoms with E-state index in [-0.39, 0.29) is 18.5 Å². The minimum Gasteiger partial charge on any atom is -0.481 e. The van der Waals surface area contributed by atoms with Crippen LogP contribution < -0.4 is 5.32 Å². The first-order chi connectivity index (χ1) is 8.52. The van der Waals surface area contributed by atoms with Crippen LogP contribution in [0.3, 0.4) is 0 Å². The Kier molecular flexibility index (Phi) is 5.91. The number of likely N-dealkylation sites (N-methyl/N-ethyl adjacent to an activating group) is 1. The second kappa shape index (κ2) is 7.20. The molecule has 0 aromatic heterocycles. The Balaban J connectivity index is 2.26. The molecule has 1 atom stereocenters. The van der Waals surface area contributed by atoms with E-state index in [4.69, 9.17) is 5.11 Å². The summed E-state index contributed by atoms with van der Waals surface area (Å²) in [7, 11) is 0. The van der Waals surface area contributed by atoms with Crippen LogP contribution in [0, 0.1) is 0 Å². The summed E-state index contributed by atoms with van der Waals surface area (Å²) in [5.74, 6) is -0.826. The highest BCUT2D eigenvalue weighted by Crippen LogP contribution is 2.03. The van der Waals surface area contributed by atoms with E-state index in [0.29, 0.717) is 6.42 Å². The van der Waals surface area contributed by atoms with Gasteiger partial charge < -0.3 is 20.2 Å². The molecule has 2 amide bonds. The molecule has 6 nitrogen and oxygen atoms in total. The molecular weight excluding hydrogens is 234 g/mol. The van der Waals surface area contributed by atoms with Crippen molar-refractivity contribution < 1.29 is 14.7 Å². The van der Waals surface area contributed by atoms with E-state index >= 15 is 0 Å². The number of hydrogen-bond acceptors (Lipinski definition) is 3. The maximum absolute atomic E-state index is 11.9. The Bertz CT molecular complexity index is 288. The van der Waals surface area contributed by atoms with Crippen LogP contribution in [0.25, 0.3) is 0 Å². The van der Waals surface area contributed by atoms with Crippen molar-refractivity contribution in [2.24, 2.45) is 0 Å². The number of rotatable bonds is 5. The summed E-state index contributed by atoms with van der Waals surface area (Å²) < 4.78 is 0. The van der Waals surface area contributed by atoms with Gasteiger partial charge in [-0.05, 0) is 19.9 Å². The van der Waals surface area contributed by atoms with Crippen LogP contribution in [0.4, 0.5) is 4.79 Å². The van der Waals surface area contributed by atoms with Crippen molar-refractivity contribution in [3.63, 3.8) is 0 Å². The van der Waals surface area contributed by atoms with Gasteiger partial charge in [0.05, 0.1) is 0 Å². The molecule has 2 N–H and O–H groups in total. The lowest BCUT2D eigenvalue weighted by molar-refractivity contribution is -0.137. The normalized spacial score (nSPS) is 18.4. The van der Waals surface area contributed by atoms with E-state index < -0.39 is 5.97 Å². The van der Waals surface area contributed by atoms with E-state index in [9.17, 15) is 9.59 Å². The van der Waals surface area contributed by atoms with Crippen LogP contribution in [0.1, 0.15) is 26.7 Å². The minimum atomic E-state index is -0.826. The Morgan fingerprint density at radius 1 is 1.28 bits per heavy atom. The molecule has 6 heteroatoms. The molecule has 0 aromatic carbocycles. The van der Waals surface area contributed by atoms with Crippen molar-refractivity contribution >= 4 is 12.0 Å². The number of nitrogens with zero attached hydrogens (tertiary/aromatic N) is 2. The maximum atomic E-state index is 11.9. The van der Waals surface area contributed by atoms with Gasteiger partial charge in [0.15, 0.2) is 0 Å². The fourth-order valence-electron chi connectivity index (χ4n) is 1.98. The molecule has 18 heavy (non-hydrogen) atoms. The lowest BCUT2D eigenvalue weighted by Gasteiger charge is -2.34. The first-order valence-corrected chi connectivity index (χ1v) is 6.52. The Morgan fingerprint density at radius 3 is 2.39 bits per heavy atom. The molecule has 0 aromatic rings. The predicted molar refractivity (Wildman–Crippen MR) is 68.6 cm³/mol. The molecule has 1 rings (SSSR count). The van der Waals surface area contributed by atoms with Gasteiger partial charge >= 0.3 is 12.0 Å². The molecule has 0 spiro atoms. The minimum absolute atomic E-state index is 0.0800. The summed E-state index contributed by atoms with van der Waals surface area (Å²) in [5, 5.41) is 11.4. The lowest BCUT2D eigenvalue weighted by atomic mass is 10.2. The number of carboxylic acid groups (broad SMARTS) is 1. The van der Waals surface area contributed by atoms with Gasteiger partial charge in [-0.15, -0.1) is 0 Å². The average molecular weight is 257 g/mol. The third-order valence-electron chi connectivity index (χ3n) is 3.27. The van der Waals surface area contributed by atoms with Crippen molar-refractivity contribution in [2.45, 2.75) is 32.7 Å². The molecule has 1 aliphatic rings. The molecule has 0 bridgehead atoms. The summed E-state index contributed by atoms with van der Waals surface area (Å²) in [6.07, 6.45) is 0.557. The van der Waals surface area contributed by atoms with Crippen LogP contribution in [0.2, 0.25) is 0 Å². The SMILES string of the molecule is CCN1CCN(C(=O)NC(C)CCC(=O)O)CC1. The summed E-state index contributed by atoms with van der Waals surface area (Å²) in [6, 6.07) is -0.179. The van der Waals surface area contributed by atoms with Crippen molar-refractivity contribution in [1.29, 1.82) is 0 Å². The lowest BCUT2D eigenvalue weighted by Crippen LogP contribution is -2.53. The van der Waals surface area contributed by atoms with Crippen LogP contribution in [0.15, 0.2) is 0 Å². The van der Waals surface area contributed by atoms with E-state index in [1.54, 1.807) is 4.90 Å². The highest BCUT2D eigenvalue weighted by molar-refractivity contribution is 5.74. The fourth-order valence-corrected chi connectivity index (χ4v) is 1.98. The van der Waals surface area contributed by atoms with E-state index in [2.05, 4.69) is 17.1 Å². The number of hydrogen-bond donors (Lipinski definition) is 2. The zero-order valence-electron chi connectivity index (χ0n) is 11.2. The van der Waals surface area contributed by atoms with Gasteiger partial charge in [0.2, 0.25) is 0 Å². The third kappa shape index (κ3) is 4.91. The second-order valence-corrected chi connectivity index (χ2v) is 4.70. The van der Waals surface area contributed by atoms with Gasteiger partial charge in [-0.1, -0.05) is 6.92 Å². The number of carboxylic acids is 1. The number of aliphatic carboxylic acids is 1. The van der Waals surface area contributed by atoms with E-state index in [1.165, 1.54) is 0 Å². The second-order valence-electron chi connectivity index (χ2n) is 4.70. The van der Waals surface area contributed by atoms with Crippen LogP contribution >= 0.6 is 0 Å². The largest absolute Gasteiger partial charge is 0.481 e. The molecular formula is C12H23N3O3. The Labute approximate surface area is 108 Å². The molecule has 104 valence electrons. The number of piperazine rings is 1. The first kappa shape index (κ1) is 14.8. The molecule has 1 saturated heterocycles. The molecule has 0 saturated carbocycles. The average Bonchev–Trinajstić information content (AvgIpc) is 2.36. The van der Waals surface area contributed by atoms with Crippen molar-refractivity contribution in [1.82, 2.24) is 15.1 Å². The third-order valence-corrected chi connectivity index (χ3v) is 3.27. The number of carbonyl (C=O) groups excluding carboxylic acids is 1. The summed E-state index contributed by atoms with van der Waals surface area (Å²) >= 11 is 0. The summed E-state index contributed by atoms with van der Waals surface area (Å²) in [4.78, 5) is 26.4. The smallest absolute Gasteiger partial charge is 0.317 e.